The van der Waals surface area contributed by atoms with Crippen LogP contribution in [0.2, 0.25) is 0 Å². The largest absolute Gasteiger partial charge is 0.514 e. The van der Waals surface area contributed by atoms with Crippen LogP contribution in [0.15, 0.2) is 24.3 Å². The fraction of sp³-hybridized carbons (Fsp3) is 0.595. The molecule has 0 spiro atoms. The van der Waals surface area contributed by atoms with E-state index >= 15 is 0 Å². The van der Waals surface area contributed by atoms with Crippen molar-refractivity contribution in [3.8, 4) is 23.0 Å². The number of aromatic hydroxyl groups is 2. The lowest BCUT2D eigenvalue weighted by Gasteiger charge is -2.32. The fourth-order valence-electron chi connectivity index (χ4n) is 4.46. The maximum Gasteiger partial charge on any atom is 0.514 e. The molecule has 1 fully saturated rings. The van der Waals surface area contributed by atoms with Crippen molar-refractivity contribution in [1.82, 2.24) is 5.32 Å². The molecule has 2 aromatic rings. The number of halogens is 1. The molecular formula is C37H56BFN2O12. The van der Waals surface area contributed by atoms with Gasteiger partial charge in [-0.1, -0.05) is 0 Å². The topological polar surface area (TPSA) is 194 Å². The van der Waals surface area contributed by atoms with E-state index in [0.29, 0.717) is 29.6 Å². The van der Waals surface area contributed by atoms with Gasteiger partial charge < -0.3 is 54.3 Å². The third-order valence-corrected chi connectivity index (χ3v) is 7.50. The van der Waals surface area contributed by atoms with Crippen molar-refractivity contribution in [3.63, 3.8) is 0 Å². The number of phenols is 2. The summed E-state index contributed by atoms with van der Waals surface area (Å²) in [6.07, 6.45) is -1.95. The molecule has 2 aromatic carbocycles. The smallest absolute Gasteiger partial charge is 0.504 e. The molecule has 1 aliphatic heterocycles. The van der Waals surface area contributed by atoms with Gasteiger partial charge in [0.15, 0.2) is 23.0 Å². The molecule has 0 aliphatic carbocycles. The number of alkyl carbamates (subject to hydrolysis) is 1. The van der Waals surface area contributed by atoms with Crippen LogP contribution >= 0.6 is 0 Å². The summed E-state index contributed by atoms with van der Waals surface area (Å²) in [5.41, 5.74) is 3.00. The Labute approximate surface area is 311 Å². The SMILES string of the molecule is CC(C)(C)OC(=O)NCCc1cc(OC(=O)OC(C)(C)C)c(OC(=O)OC(C)(C)C)cc1B1OC(C)(C)C(C)(C)O1.NCCc1cc(O)c(O)cc1[18F]. The maximum atomic E-state index is 12.9. The minimum Gasteiger partial charge on any atom is -0.504 e. The average molecular weight is 750 g/mol. The van der Waals surface area contributed by atoms with Gasteiger partial charge >= 0.3 is 25.5 Å². The van der Waals surface area contributed by atoms with Gasteiger partial charge in [-0.15, -0.1) is 0 Å². The van der Waals surface area contributed by atoms with Crippen LogP contribution in [-0.4, -0.2) is 76.8 Å². The van der Waals surface area contributed by atoms with Gasteiger partial charge in [-0.05, 0) is 144 Å². The van der Waals surface area contributed by atoms with E-state index in [9.17, 15) is 18.8 Å². The minimum atomic E-state index is -0.995. The van der Waals surface area contributed by atoms with Gasteiger partial charge in [0.05, 0.1) is 11.2 Å². The van der Waals surface area contributed by atoms with Crippen molar-refractivity contribution >= 4 is 31.0 Å². The van der Waals surface area contributed by atoms with Crippen molar-refractivity contribution in [2.75, 3.05) is 13.1 Å². The van der Waals surface area contributed by atoms with E-state index in [2.05, 4.69) is 5.32 Å². The standard InChI is InChI=1S/C29H46BNO10.C8H10FNO2/c1-25(2,3)37-22(32)31-15-14-18-16-20(35-23(33)38-26(4,5)6)21(36-24(34)39-27(7,8)9)17-19(18)30-40-28(10,11)29(12,13)41-30;9-6-4-8(12)7(11)3-5(6)1-2-10/h16-17H,14-15H2,1-13H3,(H,31,32);3-4,11-12H,1-2,10H2/i;9-1. The Balaban J connectivity index is 0.000000683. The summed E-state index contributed by atoms with van der Waals surface area (Å²) in [6, 6.07) is 5.09. The summed E-state index contributed by atoms with van der Waals surface area (Å²) in [4.78, 5) is 37.5. The van der Waals surface area contributed by atoms with Gasteiger partial charge in [-0.25, -0.2) is 18.8 Å². The summed E-state index contributed by atoms with van der Waals surface area (Å²) in [5, 5.41) is 20.6. The molecule has 296 valence electrons. The van der Waals surface area contributed by atoms with E-state index < -0.39 is 65.1 Å². The van der Waals surface area contributed by atoms with E-state index in [1.54, 1.807) is 62.3 Å². The molecule has 14 nitrogen and oxygen atoms in total. The normalized spacial score (nSPS) is 15.1. The second-order valence-electron chi connectivity index (χ2n) is 16.4. The number of hydrogen-bond acceptors (Lipinski definition) is 13. The Hall–Kier alpha value is -4.28. The van der Waals surface area contributed by atoms with Crippen LogP contribution in [0.4, 0.5) is 18.8 Å². The maximum absolute atomic E-state index is 12.9. The monoisotopic (exact) mass is 749 g/mol. The van der Waals surface area contributed by atoms with Gasteiger partial charge in [0.1, 0.15) is 22.6 Å². The van der Waals surface area contributed by atoms with E-state index in [4.69, 9.17) is 48.9 Å². The van der Waals surface area contributed by atoms with Crippen LogP contribution in [0.3, 0.4) is 0 Å². The molecule has 0 radical (unpaired) electrons. The second-order valence-corrected chi connectivity index (χ2v) is 16.4. The zero-order valence-electron chi connectivity index (χ0n) is 33.1. The molecule has 1 heterocycles. The first-order valence-corrected chi connectivity index (χ1v) is 17.2. The molecule has 0 aromatic heterocycles. The van der Waals surface area contributed by atoms with Crippen molar-refractivity contribution in [2.45, 2.75) is 131 Å². The number of amides is 1. The molecule has 1 aliphatic rings. The first-order valence-electron chi connectivity index (χ1n) is 17.2. The van der Waals surface area contributed by atoms with Crippen LogP contribution in [0.25, 0.3) is 0 Å². The van der Waals surface area contributed by atoms with Crippen LogP contribution < -0.4 is 26.0 Å². The van der Waals surface area contributed by atoms with E-state index in [1.807, 2.05) is 27.7 Å². The summed E-state index contributed by atoms with van der Waals surface area (Å²) in [7, 11) is -0.854. The van der Waals surface area contributed by atoms with Gasteiger partial charge in [-0.2, -0.15) is 0 Å². The molecule has 1 saturated heterocycles. The Morgan fingerprint density at radius 2 is 1.19 bits per heavy atom. The number of rotatable bonds is 8. The first-order chi connectivity index (χ1) is 24.0. The number of hydrogen-bond donors (Lipinski definition) is 4. The summed E-state index contributed by atoms with van der Waals surface area (Å²) in [6.45, 7) is 23.6. The fourth-order valence-corrected chi connectivity index (χ4v) is 4.46. The zero-order valence-corrected chi connectivity index (χ0v) is 33.1. The van der Waals surface area contributed by atoms with Gasteiger partial charge in [0.2, 0.25) is 0 Å². The lowest BCUT2D eigenvalue weighted by atomic mass is 9.75. The van der Waals surface area contributed by atoms with Crippen LogP contribution in [0.5, 0.6) is 23.0 Å². The van der Waals surface area contributed by atoms with Crippen LogP contribution in [0.1, 0.15) is 101 Å². The molecule has 5 N–H and O–H groups in total. The number of carbonyl (C=O) groups excluding carboxylic acids is 3. The third kappa shape index (κ3) is 14.6. The highest BCUT2D eigenvalue weighted by atomic mass is 18.2. The van der Waals surface area contributed by atoms with Crippen LogP contribution in [0, 0.1) is 5.82 Å². The summed E-state index contributed by atoms with van der Waals surface area (Å²) >= 11 is 0. The highest BCUT2D eigenvalue weighted by Crippen LogP contribution is 2.38. The molecule has 0 atom stereocenters. The van der Waals surface area contributed by atoms with Gasteiger partial charge in [-0.3, -0.25) is 0 Å². The number of ether oxygens (including phenoxy) is 5. The highest BCUT2D eigenvalue weighted by molar-refractivity contribution is 6.62. The van der Waals surface area contributed by atoms with Gasteiger partial charge in [0.25, 0.3) is 0 Å². The Bertz CT molecular complexity index is 1590. The summed E-state index contributed by atoms with van der Waals surface area (Å²) in [5.74, 6) is -1.50. The third-order valence-electron chi connectivity index (χ3n) is 7.50. The van der Waals surface area contributed by atoms with Crippen molar-refractivity contribution in [1.29, 1.82) is 0 Å². The molecule has 0 bridgehead atoms. The molecule has 1 amide bonds. The number of nitrogens with two attached hydrogens (primary N) is 1. The quantitative estimate of drug-likeness (QED) is 0.0760. The number of nitrogens with one attached hydrogen (secondary N) is 1. The predicted octanol–water partition coefficient (Wildman–Crippen LogP) is 6.42. The van der Waals surface area contributed by atoms with Crippen molar-refractivity contribution in [2.24, 2.45) is 5.73 Å². The molecule has 16 heteroatoms. The molecule has 0 saturated carbocycles. The van der Waals surface area contributed by atoms with E-state index in [-0.39, 0.29) is 30.2 Å². The Morgan fingerprint density at radius 3 is 1.64 bits per heavy atom. The number of phenolic OH excluding ortho intramolecular Hbond substituents is 2. The predicted molar refractivity (Wildman–Crippen MR) is 196 cm³/mol. The first kappa shape index (κ1) is 44.9. The molecule has 0 unspecified atom stereocenters. The molecule has 3 rings (SSSR count). The highest BCUT2D eigenvalue weighted by Gasteiger charge is 2.52. The molecule has 53 heavy (non-hydrogen) atoms. The lowest BCUT2D eigenvalue weighted by molar-refractivity contribution is 0.00578. The van der Waals surface area contributed by atoms with Crippen molar-refractivity contribution < 1.29 is 62.0 Å². The summed E-state index contributed by atoms with van der Waals surface area (Å²) < 4.78 is 52.4. The van der Waals surface area contributed by atoms with E-state index in [1.165, 1.54) is 18.2 Å². The van der Waals surface area contributed by atoms with Crippen molar-refractivity contribution in [3.05, 3.63) is 41.2 Å². The number of carbonyl (C=O) groups is 3. The lowest BCUT2D eigenvalue weighted by Crippen LogP contribution is -2.41. The number of benzene rings is 2. The Morgan fingerprint density at radius 1 is 0.736 bits per heavy atom. The average Bonchev–Trinajstić information content (AvgIpc) is 3.16. The molecular weight excluding hydrogens is 693 g/mol. The zero-order chi connectivity index (χ0) is 40.7. The second kappa shape index (κ2) is 17.2. The Kier molecular flexibility index (Phi) is 14.6. The minimum absolute atomic E-state index is 0.0855. The van der Waals surface area contributed by atoms with E-state index in [0.717, 1.165) is 6.07 Å². The van der Waals surface area contributed by atoms with Crippen LogP contribution in [-0.2, 0) is 36.4 Å². The van der Waals surface area contributed by atoms with Gasteiger partial charge in [0, 0.05) is 12.6 Å².